The molecule has 1 aromatic rings. The molecule has 0 aromatic heterocycles. The summed E-state index contributed by atoms with van der Waals surface area (Å²) in [6.45, 7) is 10.5. The average molecular weight is 293 g/mol. The molecule has 0 fully saturated rings. The van der Waals surface area contributed by atoms with Gasteiger partial charge in [0.25, 0.3) is 0 Å². The van der Waals surface area contributed by atoms with Crippen LogP contribution in [0.15, 0.2) is 23.4 Å². The van der Waals surface area contributed by atoms with Crippen LogP contribution in [-0.4, -0.2) is 31.2 Å². The lowest BCUT2D eigenvalue weighted by Crippen LogP contribution is -2.33. The van der Waals surface area contributed by atoms with E-state index in [0.29, 0.717) is 11.8 Å². The van der Waals surface area contributed by atoms with Crippen LogP contribution >= 0.6 is 0 Å². The molecule has 1 rings (SSSR count). The molecule has 0 saturated carbocycles. The maximum absolute atomic E-state index is 9.00. The molecule has 1 aromatic carbocycles. The van der Waals surface area contributed by atoms with Crippen LogP contribution in [0, 0.1) is 11.8 Å². The predicted octanol–water partition coefficient (Wildman–Crippen LogP) is 2.91. The Morgan fingerprint density at radius 2 is 1.81 bits per heavy atom. The van der Waals surface area contributed by atoms with Crippen molar-refractivity contribution in [3.05, 3.63) is 23.8 Å². The van der Waals surface area contributed by atoms with Gasteiger partial charge in [0.05, 0.1) is 12.8 Å². The molecule has 0 spiro atoms. The number of hydrogen-bond acceptors (Lipinski definition) is 4. The van der Waals surface area contributed by atoms with Crippen molar-refractivity contribution in [3.63, 3.8) is 0 Å². The third kappa shape index (κ3) is 4.85. The Morgan fingerprint density at radius 1 is 1.24 bits per heavy atom. The lowest BCUT2D eigenvalue weighted by Gasteiger charge is -2.30. The molecule has 0 radical (unpaired) electrons. The van der Waals surface area contributed by atoms with Gasteiger partial charge >= 0.3 is 0 Å². The van der Waals surface area contributed by atoms with Crippen LogP contribution in [0.3, 0.4) is 0 Å². The third-order valence-corrected chi connectivity index (χ3v) is 3.10. The fourth-order valence-corrected chi connectivity index (χ4v) is 2.32. The van der Waals surface area contributed by atoms with E-state index in [2.05, 4.69) is 37.8 Å². The van der Waals surface area contributed by atoms with Gasteiger partial charge in [0, 0.05) is 24.7 Å². The summed E-state index contributed by atoms with van der Waals surface area (Å²) >= 11 is 0. The van der Waals surface area contributed by atoms with Crippen LogP contribution in [0.2, 0.25) is 0 Å². The molecule has 0 aliphatic heterocycles. The Labute approximate surface area is 127 Å². The number of oxime groups is 1. The molecular weight excluding hydrogens is 266 g/mol. The molecule has 118 valence electrons. The topological polar surface area (TPSA) is 71.1 Å². The lowest BCUT2D eigenvalue weighted by molar-refractivity contribution is 0.318. The van der Waals surface area contributed by atoms with Crippen LogP contribution in [0.1, 0.15) is 33.3 Å². The van der Waals surface area contributed by atoms with Gasteiger partial charge in [-0.15, -0.1) is 0 Å². The smallest absolute Gasteiger partial charge is 0.172 e. The number of anilines is 1. The van der Waals surface area contributed by atoms with Gasteiger partial charge in [-0.3, -0.25) is 0 Å². The van der Waals surface area contributed by atoms with E-state index in [0.717, 1.165) is 30.1 Å². The first-order valence-electron chi connectivity index (χ1n) is 7.29. The number of nitrogens with two attached hydrogens (primary N) is 1. The fraction of sp³-hybridized carbons (Fsp3) is 0.562. The molecule has 0 atom stereocenters. The summed E-state index contributed by atoms with van der Waals surface area (Å²) in [6.07, 6.45) is 0. The van der Waals surface area contributed by atoms with E-state index >= 15 is 0 Å². The number of amidine groups is 1. The minimum Gasteiger partial charge on any atom is -0.497 e. The van der Waals surface area contributed by atoms with Gasteiger partial charge in [-0.25, -0.2) is 0 Å². The predicted molar refractivity (Wildman–Crippen MR) is 87.4 cm³/mol. The minimum absolute atomic E-state index is 0.116. The van der Waals surface area contributed by atoms with E-state index < -0.39 is 0 Å². The van der Waals surface area contributed by atoms with Crippen LogP contribution in [0.5, 0.6) is 5.75 Å². The van der Waals surface area contributed by atoms with Crippen LogP contribution in [-0.2, 0) is 0 Å². The summed E-state index contributed by atoms with van der Waals surface area (Å²) in [7, 11) is 1.64. The van der Waals surface area contributed by atoms with E-state index in [4.69, 9.17) is 15.7 Å². The molecule has 0 amide bonds. The molecule has 0 saturated heterocycles. The van der Waals surface area contributed by atoms with E-state index in [-0.39, 0.29) is 5.84 Å². The van der Waals surface area contributed by atoms with Crippen molar-refractivity contribution in [2.24, 2.45) is 22.7 Å². The molecule has 5 heteroatoms. The number of benzene rings is 1. The highest BCUT2D eigenvalue weighted by molar-refractivity contribution is 6.02. The summed E-state index contributed by atoms with van der Waals surface area (Å²) in [6, 6.07) is 5.59. The standard InChI is InChI=1S/C16H27N3O2/c1-11(2)9-19(10-12(3)4)15-8-13(21-5)6-7-14(15)16(17)18-20/h6-8,11-12,20H,9-10H2,1-5H3,(H2,17,18). The van der Waals surface area contributed by atoms with Crippen LogP contribution < -0.4 is 15.4 Å². The average Bonchev–Trinajstić information content (AvgIpc) is 2.44. The first kappa shape index (κ1) is 17.1. The van der Waals surface area contributed by atoms with Crippen molar-refractivity contribution in [1.82, 2.24) is 0 Å². The zero-order valence-electron chi connectivity index (χ0n) is 13.6. The zero-order chi connectivity index (χ0) is 16.0. The van der Waals surface area contributed by atoms with Gasteiger partial charge in [-0.1, -0.05) is 32.9 Å². The fourth-order valence-electron chi connectivity index (χ4n) is 2.32. The van der Waals surface area contributed by atoms with E-state index in [1.54, 1.807) is 7.11 Å². The minimum atomic E-state index is 0.116. The van der Waals surface area contributed by atoms with Gasteiger partial charge < -0.3 is 20.6 Å². The van der Waals surface area contributed by atoms with Crippen molar-refractivity contribution >= 4 is 11.5 Å². The summed E-state index contributed by atoms with van der Waals surface area (Å²) in [5.74, 6) is 1.90. The van der Waals surface area contributed by atoms with Gasteiger partial charge in [0.2, 0.25) is 0 Å². The molecule has 0 aliphatic rings. The van der Waals surface area contributed by atoms with Gasteiger partial charge in [-0.05, 0) is 24.0 Å². The Bertz CT molecular complexity index is 474. The van der Waals surface area contributed by atoms with Gasteiger partial charge in [-0.2, -0.15) is 0 Å². The zero-order valence-corrected chi connectivity index (χ0v) is 13.6. The number of methoxy groups -OCH3 is 1. The molecule has 21 heavy (non-hydrogen) atoms. The quantitative estimate of drug-likeness (QED) is 0.351. The monoisotopic (exact) mass is 293 g/mol. The summed E-state index contributed by atoms with van der Waals surface area (Å²) in [4.78, 5) is 2.27. The Kier molecular flexibility index (Phi) is 6.34. The van der Waals surface area contributed by atoms with E-state index in [1.165, 1.54) is 0 Å². The lowest BCUT2D eigenvalue weighted by atomic mass is 10.1. The summed E-state index contributed by atoms with van der Waals surface area (Å²) in [5, 5.41) is 12.1. The Balaban J connectivity index is 3.30. The molecule has 0 bridgehead atoms. The highest BCUT2D eigenvalue weighted by Crippen LogP contribution is 2.27. The normalized spacial score (nSPS) is 12.0. The number of hydrogen-bond donors (Lipinski definition) is 2. The Morgan fingerprint density at radius 3 is 2.24 bits per heavy atom. The second-order valence-corrected chi connectivity index (χ2v) is 6.06. The van der Waals surface area contributed by atoms with Crippen LogP contribution in [0.25, 0.3) is 0 Å². The van der Waals surface area contributed by atoms with Crippen molar-refractivity contribution in [2.45, 2.75) is 27.7 Å². The Hall–Kier alpha value is -1.91. The largest absolute Gasteiger partial charge is 0.497 e. The summed E-state index contributed by atoms with van der Waals surface area (Å²) in [5.41, 5.74) is 7.48. The number of ether oxygens (including phenoxy) is 1. The third-order valence-electron chi connectivity index (χ3n) is 3.10. The maximum Gasteiger partial charge on any atom is 0.172 e. The second kappa shape index (κ2) is 7.76. The van der Waals surface area contributed by atoms with Crippen LogP contribution in [0.4, 0.5) is 5.69 Å². The van der Waals surface area contributed by atoms with E-state index in [1.807, 2.05) is 18.2 Å². The molecule has 0 aliphatic carbocycles. The molecule has 5 nitrogen and oxygen atoms in total. The number of nitrogens with zero attached hydrogens (tertiary/aromatic N) is 2. The first-order chi connectivity index (χ1) is 9.88. The SMILES string of the molecule is COc1ccc(/C(N)=N/O)c(N(CC(C)C)CC(C)C)c1. The van der Waals surface area contributed by atoms with Gasteiger partial charge in [0.1, 0.15) is 5.75 Å². The maximum atomic E-state index is 9.00. The molecule has 0 heterocycles. The molecule has 3 N–H and O–H groups in total. The second-order valence-electron chi connectivity index (χ2n) is 6.06. The molecular formula is C16H27N3O2. The van der Waals surface area contributed by atoms with Crippen molar-refractivity contribution in [1.29, 1.82) is 0 Å². The highest BCUT2D eigenvalue weighted by Gasteiger charge is 2.17. The molecule has 0 unspecified atom stereocenters. The first-order valence-corrected chi connectivity index (χ1v) is 7.29. The highest BCUT2D eigenvalue weighted by atomic mass is 16.5. The van der Waals surface area contributed by atoms with Crippen molar-refractivity contribution in [2.75, 3.05) is 25.1 Å². The summed E-state index contributed by atoms with van der Waals surface area (Å²) < 4.78 is 5.31. The van der Waals surface area contributed by atoms with Crippen molar-refractivity contribution < 1.29 is 9.94 Å². The van der Waals surface area contributed by atoms with Crippen molar-refractivity contribution in [3.8, 4) is 5.75 Å². The van der Waals surface area contributed by atoms with Gasteiger partial charge in [0.15, 0.2) is 5.84 Å². The number of rotatable bonds is 7. The van der Waals surface area contributed by atoms with E-state index in [9.17, 15) is 0 Å².